The molecule has 0 bridgehead atoms. The Morgan fingerprint density at radius 3 is 2.45 bits per heavy atom. The number of hydrogen-bond donors (Lipinski definition) is 1. The number of rotatable bonds is 6. The first kappa shape index (κ1) is 22.7. The zero-order chi connectivity index (χ0) is 23.5. The molecular formula is C27H26N2O3S. The Labute approximate surface area is 199 Å². The zero-order valence-electron chi connectivity index (χ0n) is 18.9. The van der Waals surface area contributed by atoms with Crippen molar-refractivity contribution >= 4 is 51.7 Å². The van der Waals surface area contributed by atoms with Crippen molar-refractivity contribution in [2.24, 2.45) is 0 Å². The summed E-state index contributed by atoms with van der Waals surface area (Å²) in [4.78, 5) is 27.7. The van der Waals surface area contributed by atoms with Gasteiger partial charge in [-0.25, -0.2) is 0 Å². The highest BCUT2D eigenvalue weighted by atomic mass is 32.1. The number of fused-ring (bicyclic) bond motifs is 1. The van der Waals surface area contributed by atoms with E-state index in [0.29, 0.717) is 17.0 Å². The maximum Gasteiger partial charge on any atom is 0.270 e. The lowest BCUT2D eigenvalue weighted by atomic mass is 9.99. The SMILES string of the molecule is CCc1ccc(N2C(=O)/C(=C/c3c(O[C@@H](C)CC)ccc4ccccc34)C(=O)NC2=S)cc1. The number of anilines is 1. The van der Waals surface area contributed by atoms with Gasteiger partial charge in [0.2, 0.25) is 0 Å². The predicted molar refractivity (Wildman–Crippen MR) is 136 cm³/mol. The van der Waals surface area contributed by atoms with E-state index in [1.807, 2.05) is 74.5 Å². The number of amides is 2. The lowest BCUT2D eigenvalue weighted by Gasteiger charge is -2.29. The van der Waals surface area contributed by atoms with E-state index in [9.17, 15) is 9.59 Å². The van der Waals surface area contributed by atoms with Gasteiger partial charge in [-0.2, -0.15) is 0 Å². The molecule has 0 spiro atoms. The summed E-state index contributed by atoms with van der Waals surface area (Å²) >= 11 is 5.34. The van der Waals surface area contributed by atoms with E-state index >= 15 is 0 Å². The molecule has 5 nitrogen and oxygen atoms in total. The molecule has 168 valence electrons. The van der Waals surface area contributed by atoms with Crippen molar-refractivity contribution in [2.45, 2.75) is 39.7 Å². The molecule has 0 radical (unpaired) electrons. The average Bonchev–Trinajstić information content (AvgIpc) is 2.82. The van der Waals surface area contributed by atoms with Crippen molar-refractivity contribution in [3.63, 3.8) is 0 Å². The Balaban J connectivity index is 1.83. The highest BCUT2D eigenvalue weighted by Gasteiger charge is 2.34. The summed E-state index contributed by atoms with van der Waals surface area (Å²) in [6, 6.07) is 19.3. The Morgan fingerprint density at radius 1 is 1.03 bits per heavy atom. The third-order valence-corrected chi connectivity index (χ3v) is 6.11. The van der Waals surface area contributed by atoms with Crippen LogP contribution >= 0.6 is 12.2 Å². The number of hydrogen-bond acceptors (Lipinski definition) is 4. The summed E-state index contributed by atoms with van der Waals surface area (Å²) in [6.45, 7) is 6.10. The lowest BCUT2D eigenvalue weighted by Crippen LogP contribution is -2.54. The van der Waals surface area contributed by atoms with Crippen LogP contribution in [0.15, 0.2) is 66.2 Å². The van der Waals surface area contributed by atoms with Gasteiger partial charge >= 0.3 is 0 Å². The zero-order valence-corrected chi connectivity index (χ0v) is 19.7. The molecular weight excluding hydrogens is 432 g/mol. The topological polar surface area (TPSA) is 58.6 Å². The standard InChI is InChI=1S/C27H26N2O3S/c1-4-17(3)32-24-15-12-19-8-6-7-9-21(19)22(24)16-23-25(30)28-27(33)29(26(23)31)20-13-10-18(5-2)11-14-20/h6-17H,4-5H2,1-3H3,(H,28,30,33)/b23-16+/t17-/m0/s1. The first-order valence-electron chi connectivity index (χ1n) is 11.1. The van der Waals surface area contributed by atoms with Crippen LogP contribution in [0.3, 0.4) is 0 Å². The van der Waals surface area contributed by atoms with Gasteiger partial charge in [0, 0.05) is 5.56 Å². The van der Waals surface area contributed by atoms with Crippen LogP contribution in [0.25, 0.3) is 16.8 Å². The van der Waals surface area contributed by atoms with E-state index < -0.39 is 11.8 Å². The molecule has 2 amide bonds. The second-order valence-corrected chi connectivity index (χ2v) is 8.40. The molecule has 3 aromatic carbocycles. The molecule has 0 saturated carbocycles. The number of benzene rings is 3. The summed E-state index contributed by atoms with van der Waals surface area (Å²) in [5.41, 5.74) is 2.47. The van der Waals surface area contributed by atoms with Crippen molar-refractivity contribution in [2.75, 3.05) is 4.90 Å². The molecule has 0 aromatic heterocycles. The van der Waals surface area contributed by atoms with Crippen molar-refractivity contribution in [3.05, 3.63) is 77.4 Å². The van der Waals surface area contributed by atoms with Crippen LogP contribution in [0.4, 0.5) is 5.69 Å². The molecule has 6 heteroatoms. The molecule has 3 aromatic rings. The van der Waals surface area contributed by atoms with E-state index in [2.05, 4.69) is 12.2 Å². The Hall–Kier alpha value is -3.51. The van der Waals surface area contributed by atoms with Gasteiger partial charge in [0.25, 0.3) is 11.8 Å². The van der Waals surface area contributed by atoms with Crippen molar-refractivity contribution in [1.82, 2.24) is 5.32 Å². The summed E-state index contributed by atoms with van der Waals surface area (Å²) < 4.78 is 6.15. The molecule has 1 aliphatic rings. The van der Waals surface area contributed by atoms with Crippen LogP contribution in [0.5, 0.6) is 5.75 Å². The van der Waals surface area contributed by atoms with Crippen LogP contribution in [0.1, 0.15) is 38.3 Å². The second-order valence-electron chi connectivity index (χ2n) is 8.01. The van der Waals surface area contributed by atoms with Crippen LogP contribution in [-0.4, -0.2) is 23.0 Å². The molecule has 1 heterocycles. The second kappa shape index (κ2) is 9.55. The van der Waals surface area contributed by atoms with E-state index in [0.717, 1.165) is 29.2 Å². The highest BCUT2D eigenvalue weighted by Crippen LogP contribution is 2.32. The highest BCUT2D eigenvalue weighted by molar-refractivity contribution is 7.80. The largest absolute Gasteiger partial charge is 0.490 e. The van der Waals surface area contributed by atoms with Crippen LogP contribution in [0.2, 0.25) is 0 Å². The van der Waals surface area contributed by atoms with Gasteiger partial charge in [-0.3, -0.25) is 19.8 Å². The van der Waals surface area contributed by atoms with Gasteiger partial charge in [0.15, 0.2) is 5.11 Å². The van der Waals surface area contributed by atoms with Crippen LogP contribution in [0, 0.1) is 0 Å². The monoisotopic (exact) mass is 458 g/mol. The first-order chi connectivity index (χ1) is 15.9. The van der Waals surface area contributed by atoms with Gasteiger partial charge < -0.3 is 4.74 Å². The minimum atomic E-state index is -0.520. The minimum Gasteiger partial charge on any atom is -0.490 e. The molecule has 1 atom stereocenters. The third kappa shape index (κ3) is 4.52. The van der Waals surface area contributed by atoms with E-state index in [-0.39, 0.29) is 16.8 Å². The van der Waals surface area contributed by atoms with E-state index in [4.69, 9.17) is 17.0 Å². The molecule has 4 rings (SSSR count). The number of carbonyl (C=O) groups excluding carboxylic acids is 2. The molecule has 1 N–H and O–H groups in total. The number of nitrogens with one attached hydrogen (secondary N) is 1. The van der Waals surface area contributed by atoms with Crippen molar-refractivity contribution in [3.8, 4) is 5.75 Å². The predicted octanol–water partition coefficient (Wildman–Crippen LogP) is 5.41. The molecule has 1 aliphatic heterocycles. The molecule has 1 saturated heterocycles. The minimum absolute atomic E-state index is 0.00789. The van der Waals surface area contributed by atoms with Gasteiger partial charge in [-0.05, 0) is 72.6 Å². The van der Waals surface area contributed by atoms with Gasteiger partial charge in [0.1, 0.15) is 11.3 Å². The number of carbonyl (C=O) groups is 2. The van der Waals surface area contributed by atoms with Gasteiger partial charge in [0.05, 0.1) is 11.8 Å². The number of nitrogens with zero attached hydrogens (tertiary/aromatic N) is 1. The van der Waals surface area contributed by atoms with E-state index in [1.165, 1.54) is 4.90 Å². The van der Waals surface area contributed by atoms with Crippen molar-refractivity contribution < 1.29 is 14.3 Å². The van der Waals surface area contributed by atoms with Gasteiger partial charge in [-0.15, -0.1) is 0 Å². The first-order valence-corrected chi connectivity index (χ1v) is 11.5. The maximum atomic E-state index is 13.5. The Kier molecular flexibility index (Phi) is 6.56. The smallest absolute Gasteiger partial charge is 0.270 e. The van der Waals surface area contributed by atoms with Gasteiger partial charge in [-0.1, -0.05) is 56.3 Å². The number of aryl methyl sites for hydroxylation is 1. The summed E-state index contributed by atoms with van der Waals surface area (Å²) in [5, 5.41) is 4.63. The van der Waals surface area contributed by atoms with Crippen LogP contribution in [-0.2, 0) is 16.0 Å². The normalized spacial score (nSPS) is 16.3. The lowest BCUT2D eigenvalue weighted by molar-refractivity contribution is -0.122. The van der Waals surface area contributed by atoms with Crippen molar-refractivity contribution in [1.29, 1.82) is 0 Å². The van der Waals surface area contributed by atoms with Crippen LogP contribution < -0.4 is 15.0 Å². The third-order valence-electron chi connectivity index (χ3n) is 5.83. The molecule has 1 fully saturated rings. The fourth-order valence-electron chi connectivity index (χ4n) is 3.74. The fraction of sp³-hybridized carbons (Fsp3) is 0.222. The molecule has 33 heavy (non-hydrogen) atoms. The maximum absolute atomic E-state index is 13.5. The Bertz CT molecular complexity index is 1260. The number of ether oxygens (including phenoxy) is 1. The molecule has 0 aliphatic carbocycles. The summed E-state index contributed by atoms with van der Waals surface area (Å²) in [6.07, 6.45) is 3.33. The number of thiocarbonyl (C=S) groups is 1. The molecule has 0 unspecified atom stereocenters. The fourth-order valence-corrected chi connectivity index (χ4v) is 4.03. The average molecular weight is 459 g/mol. The Morgan fingerprint density at radius 2 is 1.76 bits per heavy atom. The summed E-state index contributed by atoms with van der Waals surface area (Å²) in [5.74, 6) is -0.354. The van der Waals surface area contributed by atoms with E-state index in [1.54, 1.807) is 6.08 Å². The summed E-state index contributed by atoms with van der Waals surface area (Å²) in [7, 11) is 0. The quantitative estimate of drug-likeness (QED) is 0.305.